The van der Waals surface area contributed by atoms with Gasteiger partial charge in [0.05, 0.1) is 6.42 Å². The second-order valence-corrected chi connectivity index (χ2v) is 5.19. The van der Waals surface area contributed by atoms with Crippen LogP contribution in [0.5, 0.6) is 0 Å². The lowest BCUT2D eigenvalue weighted by Gasteiger charge is -2.22. The summed E-state index contributed by atoms with van der Waals surface area (Å²) in [7, 11) is 0. The maximum absolute atomic E-state index is 12.1. The van der Waals surface area contributed by atoms with Gasteiger partial charge in [-0.15, -0.1) is 0 Å². The van der Waals surface area contributed by atoms with Crippen LogP contribution in [0.25, 0.3) is 0 Å². The molecular weight excluding hydrogens is 276 g/mol. The van der Waals surface area contributed by atoms with Gasteiger partial charge in [-0.3, -0.25) is 9.69 Å². The summed E-state index contributed by atoms with van der Waals surface area (Å²) in [4.78, 5) is 24.3. The van der Waals surface area contributed by atoms with E-state index in [1.54, 1.807) is 23.9 Å². The molecule has 0 atom stereocenters. The average Bonchev–Trinajstić information content (AvgIpc) is 2.44. The second-order valence-electron chi connectivity index (χ2n) is 4.21. The number of carbonyl (C=O) groups is 2. The molecule has 0 fully saturated rings. The molecule has 110 valence electrons. The molecule has 5 nitrogen and oxygen atoms in total. The average molecular weight is 296 g/mol. The van der Waals surface area contributed by atoms with Crippen LogP contribution >= 0.6 is 11.8 Å². The standard InChI is InChI=1S/C14H20N2O3S/c1-20-11-5-9-15-14(19)16(10-8-13(17)18)12-6-3-2-4-7-12/h2-4,6-7H,5,8-11H2,1H3,(H,15,19)(H,17,18). The zero-order chi connectivity index (χ0) is 14.8. The Kier molecular flexibility index (Phi) is 7.57. The van der Waals surface area contributed by atoms with Crippen LogP contribution in [0.15, 0.2) is 30.3 Å². The topological polar surface area (TPSA) is 69.6 Å². The maximum Gasteiger partial charge on any atom is 0.321 e. The summed E-state index contributed by atoms with van der Waals surface area (Å²) in [6.07, 6.45) is 2.84. The Labute approximate surface area is 123 Å². The lowest BCUT2D eigenvalue weighted by Crippen LogP contribution is -2.41. The monoisotopic (exact) mass is 296 g/mol. The van der Waals surface area contributed by atoms with E-state index in [2.05, 4.69) is 5.32 Å². The third kappa shape index (κ3) is 5.97. The first-order chi connectivity index (χ1) is 9.65. The molecule has 2 amide bonds. The van der Waals surface area contributed by atoms with Crippen LogP contribution < -0.4 is 10.2 Å². The van der Waals surface area contributed by atoms with Crippen LogP contribution in [0.3, 0.4) is 0 Å². The van der Waals surface area contributed by atoms with Crippen LogP contribution in [0, 0.1) is 0 Å². The van der Waals surface area contributed by atoms with Gasteiger partial charge < -0.3 is 10.4 Å². The number of amides is 2. The molecular formula is C14H20N2O3S. The molecule has 0 bridgehead atoms. The molecule has 0 unspecified atom stereocenters. The predicted octanol–water partition coefficient (Wildman–Crippen LogP) is 2.43. The number of rotatable bonds is 8. The van der Waals surface area contributed by atoms with E-state index in [4.69, 9.17) is 5.11 Å². The Morgan fingerprint density at radius 3 is 2.60 bits per heavy atom. The Morgan fingerprint density at radius 1 is 1.30 bits per heavy atom. The molecule has 0 heterocycles. The lowest BCUT2D eigenvalue weighted by atomic mass is 10.2. The molecule has 0 saturated carbocycles. The van der Waals surface area contributed by atoms with Gasteiger partial charge in [-0.2, -0.15) is 11.8 Å². The number of benzene rings is 1. The van der Waals surface area contributed by atoms with Crippen LogP contribution in [0.2, 0.25) is 0 Å². The molecule has 2 N–H and O–H groups in total. The first kappa shape index (κ1) is 16.4. The minimum absolute atomic E-state index is 0.0763. The molecule has 0 aliphatic heterocycles. The molecule has 0 spiro atoms. The van der Waals surface area contributed by atoms with Gasteiger partial charge in [0.15, 0.2) is 0 Å². The zero-order valence-corrected chi connectivity index (χ0v) is 12.4. The van der Waals surface area contributed by atoms with Crippen molar-refractivity contribution < 1.29 is 14.7 Å². The Morgan fingerprint density at radius 2 is 2.00 bits per heavy atom. The number of nitrogens with zero attached hydrogens (tertiary/aromatic N) is 1. The van der Waals surface area contributed by atoms with Gasteiger partial charge in [0.2, 0.25) is 0 Å². The van der Waals surface area contributed by atoms with Crippen LogP contribution in [-0.2, 0) is 4.79 Å². The second kappa shape index (κ2) is 9.25. The van der Waals surface area contributed by atoms with E-state index in [1.807, 2.05) is 24.5 Å². The van der Waals surface area contributed by atoms with Crippen molar-refractivity contribution in [3.05, 3.63) is 30.3 Å². The minimum Gasteiger partial charge on any atom is -0.481 e. The number of hydrogen-bond acceptors (Lipinski definition) is 3. The largest absolute Gasteiger partial charge is 0.481 e. The Balaban J connectivity index is 2.62. The summed E-state index contributed by atoms with van der Waals surface area (Å²) in [5.41, 5.74) is 0.705. The van der Waals surface area contributed by atoms with E-state index in [0.717, 1.165) is 12.2 Å². The fourth-order valence-corrected chi connectivity index (χ4v) is 2.10. The van der Waals surface area contributed by atoms with Crippen LogP contribution in [0.4, 0.5) is 10.5 Å². The van der Waals surface area contributed by atoms with Gasteiger partial charge in [-0.25, -0.2) is 4.79 Å². The van der Waals surface area contributed by atoms with Crippen molar-refractivity contribution in [2.24, 2.45) is 0 Å². The zero-order valence-electron chi connectivity index (χ0n) is 11.5. The molecule has 1 rings (SSSR count). The Bertz CT molecular complexity index is 426. The predicted molar refractivity (Wildman–Crippen MR) is 82.4 cm³/mol. The molecule has 0 radical (unpaired) electrons. The fraction of sp³-hybridized carbons (Fsp3) is 0.429. The van der Waals surface area contributed by atoms with E-state index < -0.39 is 5.97 Å². The lowest BCUT2D eigenvalue weighted by molar-refractivity contribution is -0.136. The first-order valence-electron chi connectivity index (χ1n) is 6.46. The summed E-state index contributed by atoms with van der Waals surface area (Å²) >= 11 is 1.73. The van der Waals surface area contributed by atoms with Crippen molar-refractivity contribution in [2.45, 2.75) is 12.8 Å². The van der Waals surface area contributed by atoms with Crippen LogP contribution in [-0.4, -0.2) is 42.2 Å². The van der Waals surface area contributed by atoms with E-state index in [1.165, 1.54) is 4.90 Å². The summed E-state index contributed by atoms with van der Waals surface area (Å²) in [6.45, 7) is 0.754. The molecule has 0 aromatic heterocycles. The molecule has 0 aliphatic rings. The molecule has 0 aliphatic carbocycles. The minimum atomic E-state index is -0.916. The quantitative estimate of drug-likeness (QED) is 0.723. The number of nitrogens with one attached hydrogen (secondary N) is 1. The van der Waals surface area contributed by atoms with Gasteiger partial charge in [-0.05, 0) is 30.6 Å². The van der Waals surface area contributed by atoms with Crippen molar-refractivity contribution in [2.75, 3.05) is 30.0 Å². The number of urea groups is 1. The smallest absolute Gasteiger partial charge is 0.321 e. The van der Waals surface area contributed by atoms with Gasteiger partial charge in [0.1, 0.15) is 0 Å². The highest BCUT2D eigenvalue weighted by atomic mass is 32.2. The molecule has 1 aromatic carbocycles. The van der Waals surface area contributed by atoms with Crippen molar-refractivity contribution in [3.63, 3.8) is 0 Å². The van der Waals surface area contributed by atoms with Gasteiger partial charge in [0, 0.05) is 18.8 Å². The van der Waals surface area contributed by atoms with E-state index in [9.17, 15) is 9.59 Å². The van der Waals surface area contributed by atoms with Gasteiger partial charge >= 0.3 is 12.0 Å². The summed E-state index contributed by atoms with van der Waals surface area (Å²) in [5.74, 6) is 0.0712. The number of carboxylic acid groups (broad SMARTS) is 1. The highest BCUT2D eigenvalue weighted by Crippen LogP contribution is 2.13. The van der Waals surface area contributed by atoms with Crippen molar-refractivity contribution in [1.29, 1.82) is 0 Å². The molecule has 20 heavy (non-hydrogen) atoms. The SMILES string of the molecule is CSCCCNC(=O)N(CCC(=O)O)c1ccccc1. The van der Waals surface area contributed by atoms with E-state index in [-0.39, 0.29) is 19.0 Å². The molecule has 6 heteroatoms. The number of carbonyl (C=O) groups excluding carboxylic acids is 1. The first-order valence-corrected chi connectivity index (χ1v) is 7.85. The normalized spacial score (nSPS) is 10.1. The summed E-state index contributed by atoms with van der Waals surface area (Å²) in [5, 5.41) is 11.6. The van der Waals surface area contributed by atoms with Gasteiger partial charge in [-0.1, -0.05) is 18.2 Å². The van der Waals surface area contributed by atoms with Crippen molar-refractivity contribution in [1.82, 2.24) is 5.32 Å². The number of para-hydroxylation sites is 1. The van der Waals surface area contributed by atoms with Gasteiger partial charge in [0.25, 0.3) is 0 Å². The number of carboxylic acids is 1. The highest BCUT2D eigenvalue weighted by molar-refractivity contribution is 7.98. The number of thioether (sulfide) groups is 1. The maximum atomic E-state index is 12.1. The van der Waals surface area contributed by atoms with Crippen molar-refractivity contribution in [3.8, 4) is 0 Å². The fourth-order valence-electron chi connectivity index (χ4n) is 1.67. The number of hydrogen-bond donors (Lipinski definition) is 2. The van der Waals surface area contributed by atoms with E-state index in [0.29, 0.717) is 12.2 Å². The number of aliphatic carboxylic acids is 1. The third-order valence-electron chi connectivity index (χ3n) is 2.66. The summed E-state index contributed by atoms with van der Waals surface area (Å²) in [6, 6.07) is 8.84. The summed E-state index contributed by atoms with van der Waals surface area (Å²) < 4.78 is 0. The highest BCUT2D eigenvalue weighted by Gasteiger charge is 2.15. The Hall–Kier alpha value is -1.69. The van der Waals surface area contributed by atoms with E-state index >= 15 is 0 Å². The molecule has 0 saturated heterocycles. The van der Waals surface area contributed by atoms with Crippen molar-refractivity contribution >= 4 is 29.4 Å². The third-order valence-corrected chi connectivity index (χ3v) is 3.36. The van der Waals surface area contributed by atoms with Crippen LogP contribution in [0.1, 0.15) is 12.8 Å². The molecule has 1 aromatic rings. The number of anilines is 1.